The Kier molecular flexibility index (Phi) is 6.88. The van der Waals surface area contributed by atoms with Crippen molar-refractivity contribution in [1.82, 2.24) is 0 Å². The lowest BCUT2D eigenvalue weighted by Crippen LogP contribution is -1.85. The molecule has 1 fully saturated rings. The van der Waals surface area contributed by atoms with E-state index in [-0.39, 0.29) is 0 Å². The molecule has 0 atom stereocenters. The average molecular weight is 150 g/mol. The Balaban J connectivity index is 0.000000180. The van der Waals surface area contributed by atoms with E-state index in [9.17, 15) is 8.78 Å². The van der Waals surface area contributed by atoms with Crippen molar-refractivity contribution in [3.05, 3.63) is 0 Å². The first kappa shape index (κ1) is 9.86. The Bertz CT molecular complexity index is 44.0. The molecule has 0 aromatic heterocycles. The van der Waals surface area contributed by atoms with Gasteiger partial charge in [0.2, 0.25) is 6.43 Å². The molecule has 0 aromatic carbocycles. The highest BCUT2D eigenvalue weighted by Gasteiger charge is 1.95. The molecule has 0 N–H and O–H groups in total. The first-order valence-electron chi connectivity index (χ1n) is 4.01. The third kappa shape index (κ3) is 10.8. The molecule has 0 amide bonds. The predicted molar refractivity (Wildman–Crippen MR) is 39.4 cm³/mol. The molecule has 0 saturated heterocycles. The molecule has 2 heteroatoms. The quantitative estimate of drug-likeness (QED) is 0.494. The molecule has 10 heavy (non-hydrogen) atoms. The van der Waals surface area contributed by atoms with Gasteiger partial charge in [-0.2, -0.15) is 0 Å². The van der Waals surface area contributed by atoms with E-state index in [1.54, 1.807) is 0 Å². The van der Waals surface area contributed by atoms with Crippen molar-refractivity contribution in [3.63, 3.8) is 0 Å². The standard InChI is InChI=1S/C6H12.C2H4F2/c1-2-4-6-5-3-1;1-2(3)4/h1-6H2;2H,1H3. The summed E-state index contributed by atoms with van der Waals surface area (Å²) in [5, 5.41) is 0. The van der Waals surface area contributed by atoms with Crippen LogP contribution in [0.4, 0.5) is 8.78 Å². The molecule has 0 unspecified atom stereocenters. The van der Waals surface area contributed by atoms with Crippen LogP contribution in [0.3, 0.4) is 0 Å². The number of rotatable bonds is 0. The summed E-state index contributed by atoms with van der Waals surface area (Å²) in [4.78, 5) is 0. The first-order valence-corrected chi connectivity index (χ1v) is 4.01. The highest BCUT2D eigenvalue weighted by atomic mass is 19.3. The molecule has 1 aliphatic rings. The number of hydrogen-bond acceptors (Lipinski definition) is 0. The van der Waals surface area contributed by atoms with Gasteiger partial charge in [-0.25, -0.2) is 8.78 Å². The molecule has 62 valence electrons. The summed E-state index contributed by atoms with van der Waals surface area (Å²) in [5.41, 5.74) is 0. The zero-order chi connectivity index (χ0) is 7.82. The minimum atomic E-state index is -2.17. The molecular formula is C8H16F2. The Hall–Kier alpha value is -0.140. The molecule has 0 heterocycles. The topological polar surface area (TPSA) is 0 Å². The van der Waals surface area contributed by atoms with E-state index in [4.69, 9.17) is 0 Å². The molecule has 0 aliphatic heterocycles. The molecule has 1 rings (SSSR count). The van der Waals surface area contributed by atoms with Crippen molar-refractivity contribution in [1.29, 1.82) is 0 Å². The summed E-state index contributed by atoms with van der Waals surface area (Å²) in [6.45, 7) is 0.833. The van der Waals surface area contributed by atoms with Crippen LogP contribution in [0, 0.1) is 0 Å². The van der Waals surface area contributed by atoms with Gasteiger partial charge in [0.25, 0.3) is 0 Å². The van der Waals surface area contributed by atoms with E-state index in [0.29, 0.717) is 0 Å². The minimum Gasteiger partial charge on any atom is -0.211 e. The van der Waals surface area contributed by atoms with Crippen LogP contribution in [0.25, 0.3) is 0 Å². The van der Waals surface area contributed by atoms with Gasteiger partial charge in [-0.3, -0.25) is 0 Å². The van der Waals surface area contributed by atoms with Gasteiger partial charge >= 0.3 is 0 Å². The van der Waals surface area contributed by atoms with Crippen molar-refractivity contribution < 1.29 is 8.78 Å². The van der Waals surface area contributed by atoms with Crippen molar-refractivity contribution in [2.75, 3.05) is 0 Å². The Morgan fingerprint density at radius 1 is 0.800 bits per heavy atom. The maximum Gasteiger partial charge on any atom is 0.235 e. The van der Waals surface area contributed by atoms with E-state index in [1.807, 2.05) is 0 Å². The second-order valence-electron chi connectivity index (χ2n) is 2.64. The fourth-order valence-electron chi connectivity index (χ4n) is 1.06. The fourth-order valence-corrected chi connectivity index (χ4v) is 1.06. The van der Waals surface area contributed by atoms with Gasteiger partial charge in [-0.05, 0) is 6.92 Å². The van der Waals surface area contributed by atoms with Crippen LogP contribution < -0.4 is 0 Å². The Morgan fingerprint density at radius 2 is 0.900 bits per heavy atom. The third-order valence-electron chi connectivity index (χ3n) is 1.50. The van der Waals surface area contributed by atoms with Crippen molar-refractivity contribution in [2.45, 2.75) is 51.9 Å². The summed E-state index contributed by atoms with van der Waals surface area (Å²) >= 11 is 0. The molecule has 0 aromatic rings. The van der Waals surface area contributed by atoms with Gasteiger partial charge < -0.3 is 0 Å². The van der Waals surface area contributed by atoms with Gasteiger partial charge in [0.15, 0.2) is 0 Å². The van der Waals surface area contributed by atoms with E-state index < -0.39 is 6.43 Å². The monoisotopic (exact) mass is 150 g/mol. The zero-order valence-corrected chi connectivity index (χ0v) is 6.58. The molecule has 0 nitrogen and oxygen atoms in total. The van der Waals surface area contributed by atoms with Crippen LogP contribution in [0.5, 0.6) is 0 Å². The smallest absolute Gasteiger partial charge is 0.211 e. The molecule has 1 saturated carbocycles. The first-order chi connectivity index (χ1) is 4.73. The largest absolute Gasteiger partial charge is 0.235 e. The Morgan fingerprint density at radius 3 is 1.00 bits per heavy atom. The molecule has 0 radical (unpaired) electrons. The van der Waals surface area contributed by atoms with E-state index in [0.717, 1.165) is 6.92 Å². The molecular weight excluding hydrogens is 134 g/mol. The molecule has 0 spiro atoms. The van der Waals surface area contributed by atoms with E-state index in [2.05, 4.69) is 0 Å². The second-order valence-corrected chi connectivity index (χ2v) is 2.64. The maximum absolute atomic E-state index is 10.3. The van der Waals surface area contributed by atoms with Gasteiger partial charge in [-0.1, -0.05) is 38.5 Å². The van der Waals surface area contributed by atoms with Crippen molar-refractivity contribution >= 4 is 0 Å². The number of alkyl halides is 2. The van der Waals surface area contributed by atoms with Crippen LogP contribution >= 0.6 is 0 Å². The van der Waals surface area contributed by atoms with Crippen LogP contribution in [-0.2, 0) is 0 Å². The Labute approximate surface area is 61.6 Å². The second kappa shape index (κ2) is 6.97. The molecule has 0 bridgehead atoms. The van der Waals surface area contributed by atoms with E-state index >= 15 is 0 Å². The van der Waals surface area contributed by atoms with Crippen LogP contribution in [0.15, 0.2) is 0 Å². The van der Waals surface area contributed by atoms with Crippen LogP contribution in [0.2, 0.25) is 0 Å². The lowest BCUT2D eigenvalue weighted by atomic mass is 10.0. The molecule has 1 aliphatic carbocycles. The van der Waals surface area contributed by atoms with Gasteiger partial charge in [0.1, 0.15) is 0 Å². The summed E-state index contributed by atoms with van der Waals surface area (Å²) in [7, 11) is 0. The summed E-state index contributed by atoms with van der Waals surface area (Å²) < 4.78 is 20.7. The number of hydrogen-bond donors (Lipinski definition) is 0. The van der Waals surface area contributed by atoms with Gasteiger partial charge in [0, 0.05) is 0 Å². The summed E-state index contributed by atoms with van der Waals surface area (Å²) in [5.74, 6) is 0. The van der Waals surface area contributed by atoms with Gasteiger partial charge in [0.05, 0.1) is 0 Å². The van der Waals surface area contributed by atoms with Gasteiger partial charge in [-0.15, -0.1) is 0 Å². The average Bonchev–Trinajstić information content (AvgIpc) is 1.90. The lowest BCUT2D eigenvalue weighted by Gasteiger charge is -2.05. The van der Waals surface area contributed by atoms with Crippen LogP contribution in [-0.4, -0.2) is 6.43 Å². The van der Waals surface area contributed by atoms with E-state index in [1.165, 1.54) is 38.5 Å². The minimum absolute atomic E-state index is 0.833. The normalized spacial score (nSPS) is 18.0. The predicted octanol–water partition coefficient (Wildman–Crippen LogP) is 3.61. The lowest BCUT2D eigenvalue weighted by molar-refractivity contribution is 0.171. The third-order valence-corrected chi connectivity index (χ3v) is 1.50. The summed E-state index contributed by atoms with van der Waals surface area (Å²) in [6.07, 6.45) is 6.83. The summed E-state index contributed by atoms with van der Waals surface area (Å²) in [6, 6.07) is 0. The fraction of sp³-hybridized carbons (Fsp3) is 1.00. The highest BCUT2D eigenvalue weighted by molar-refractivity contribution is 4.51. The van der Waals surface area contributed by atoms with Crippen molar-refractivity contribution in [3.8, 4) is 0 Å². The van der Waals surface area contributed by atoms with Crippen molar-refractivity contribution in [2.24, 2.45) is 0 Å². The number of halogens is 2. The maximum atomic E-state index is 10.3. The highest BCUT2D eigenvalue weighted by Crippen LogP contribution is 2.15. The SMILES string of the molecule is C1CCCCC1.CC(F)F. The van der Waals surface area contributed by atoms with Crippen LogP contribution in [0.1, 0.15) is 45.4 Å². The zero-order valence-electron chi connectivity index (χ0n) is 6.58.